The Morgan fingerprint density at radius 2 is 2.20 bits per heavy atom. The topological polar surface area (TPSA) is 62.7 Å². The van der Waals surface area contributed by atoms with E-state index in [1.807, 2.05) is 4.57 Å². The van der Waals surface area contributed by atoms with E-state index < -0.39 is 0 Å². The molecule has 2 aromatic rings. The van der Waals surface area contributed by atoms with E-state index in [1.54, 1.807) is 11.3 Å². The fourth-order valence-corrected chi connectivity index (χ4v) is 5.15. The molecule has 2 aliphatic rings. The van der Waals surface area contributed by atoms with Crippen LogP contribution in [0, 0.1) is 4.77 Å². The average molecular weight is 377 g/mol. The Hall–Kier alpha value is -1.47. The van der Waals surface area contributed by atoms with Gasteiger partial charge in [-0.2, -0.15) is 5.10 Å². The Balaban J connectivity index is 1.44. The van der Waals surface area contributed by atoms with Crippen LogP contribution in [0.2, 0.25) is 0 Å². The zero-order valence-electron chi connectivity index (χ0n) is 14.3. The minimum atomic E-state index is -0.330. The van der Waals surface area contributed by atoms with Crippen molar-refractivity contribution in [1.29, 1.82) is 0 Å². The molecule has 134 valence electrons. The third-order valence-electron chi connectivity index (χ3n) is 5.49. The van der Waals surface area contributed by atoms with Crippen LogP contribution >= 0.6 is 23.6 Å². The summed E-state index contributed by atoms with van der Waals surface area (Å²) in [5, 5.41) is 12.5. The van der Waals surface area contributed by atoms with Crippen LogP contribution in [0.1, 0.15) is 61.6 Å². The van der Waals surface area contributed by atoms with E-state index in [4.69, 9.17) is 12.2 Å². The Kier molecular flexibility index (Phi) is 4.78. The van der Waals surface area contributed by atoms with Crippen LogP contribution in [-0.2, 0) is 16.8 Å². The fraction of sp³-hybridized carbons (Fsp3) is 0.611. The quantitative estimate of drug-likeness (QED) is 0.752. The summed E-state index contributed by atoms with van der Waals surface area (Å²) in [7, 11) is 0. The molecule has 0 saturated heterocycles. The molecule has 2 fully saturated rings. The molecular weight excluding hydrogens is 352 g/mol. The number of aromatic nitrogens is 3. The van der Waals surface area contributed by atoms with Crippen LogP contribution in [0.5, 0.6) is 0 Å². The molecule has 0 aromatic carbocycles. The molecule has 2 saturated carbocycles. The number of rotatable bonds is 6. The number of hydrogen-bond acceptors (Lipinski definition) is 4. The zero-order valence-corrected chi connectivity index (χ0v) is 15.9. The lowest BCUT2D eigenvalue weighted by atomic mass is 9.72. The van der Waals surface area contributed by atoms with Gasteiger partial charge in [-0.25, -0.2) is 0 Å². The highest BCUT2D eigenvalue weighted by molar-refractivity contribution is 7.71. The first-order valence-electron chi connectivity index (χ1n) is 9.18. The van der Waals surface area contributed by atoms with Crippen molar-refractivity contribution in [1.82, 2.24) is 20.1 Å². The van der Waals surface area contributed by atoms with E-state index in [1.165, 1.54) is 24.1 Å². The van der Waals surface area contributed by atoms with Gasteiger partial charge >= 0.3 is 0 Å². The maximum atomic E-state index is 13.1. The molecule has 2 aromatic heterocycles. The second kappa shape index (κ2) is 7.03. The second-order valence-electron chi connectivity index (χ2n) is 7.19. The summed E-state index contributed by atoms with van der Waals surface area (Å²) in [5.74, 6) is 1.77. The third-order valence-corrected chi connectivity index (χ3v) is 6.87. The maximum Gasteiger partial charge on any atom is 0.231 e. The molecule has 7 heteroatoms. The van der Waals surface area contributed by atoms with Gasteiger partial charge in [-0.1, -0.05) is 25.3 Å². The van der Waals surface area contributed by atoms with Crippen molar-refractivity contribution in [2.24, 2.45) is 0 Å². The molecule has 5 nitrogen and oxygen atoms in total. The summed E-state index contributed by atoms with van der Waals surface area (Å²) in [4.78, 5) is 14.3. The monoisotopic (exact) mass is 376 g/mol. The van der Waals surface area contributed by atoms with Gasteiger partial charge in [0.1, 0.15) is 5.82 Å². The van der Waals surface area contributed by atoms with Gasteiger partial charge in [0.05, 0.1) is 5.41 Å². The number of carbonyl (C=O) groups excluding carboxylic acids is 1. The smallest absolute Gasteiger partial charge is 0.231 e. The maximum absolute atomic E-state index is 13.1. The molecular formula is C18H24N4OS2. The van der Waals surface area contributed by atoms with Crippen LogP contribution in [0.15, 0.2) is 17.5 Å². The van der Waals surface area contributed by atoms with Crippen LogP contribution in [-0.4, -0.2) is 27.2 Å². The summed E-state index contributed by atoms with van der Waals surface area (Å²) >= 11 is 7.05. The molecule has 0 atom stereocenters. The minimum absolute atomic E-state index is 0.178. The van der Waals surface area contributed by atoms with E-state index in [9.17, 15) is 4.79 Å². The number of carbonyl (C=O) groups is 1. The SMILES string of the molecule is O=C(NCCn1c(C2CC2)n[nH]c1=S)C1(c2cccs2)CCCCC1. The molecule has 2 N–H and O–H groups in total. The third kappa shape index (κ3) is 3.31. The molecule has 0 bridgehead atoms. The average Bonchev–Trinajstić information content (AvgIpc) is 3.18. The van der Waals surface area contributed by atoms with Crippen molar-refractivity contribution in [3.05, 3.63) is 33.0 Å². The van der Waals surface area contributed by atoms with Gasteiger partial charge in [0.15, 0.2) is 4.77 Å². The van der Waals surface area contributed by atoms with Gasteiger partial charge in [-0.05, 0) is 49.3 Å². The molecule has 4 rings (SSSR count). The number of nitrogens with one attached hydrogen (secondary N) is 2. The molecule has 25 heavy (non-hydrogen) atoms. The van der Waals surface area contributed by atoms with Crippen molar-refractivity contribution in [3.8, 4) is 0 Å². The minimum Gasteiger partial charge on any atom is -0.354 e. The number of thiophene rings is 1. The first-order chi connectivity index (χ1) is 12.2. The van der Waals surface area contributed by atoms with Crippen LogP contribution in [0.25, 0.3) is 0 Å². The Morgan fingerprint density at radius 1 is 1.40 bits per heavy atom. The second-order valence-corrected chi connectivity index (χ2v) is 8.52. The van der Waals surface area contributed by atoms with Crippen molar-refractivity contribution in [2.75, 3.05) is 6.54 Å². The van der Waals surface area contributed by atoms with Crippen LogP contribution in [0.3, 0.4) is 0 Å². The van der Waals surface area contributed by atoms with E-state index in [-0.39, 0.29) is 11.3 Å². The highest BCUT2D eigenvalue weighted by Crippen LogP contribution is 2.42. The summed E-state index contributed by atoms with van der Waals surface area (Å²) in [6.45, 7) is 1.28. The van der Waals surface area contributed by atoms with Gasteiger partial charge in [-0.15, -0.1) is 11.3 Å². The standard InChI is InChI=1S/C18H24N4OS2/c23-16(18(8-2-1-3-9-18)14-5-4-12-25-14)19-10-11-22-15(13-6-7-13)20-21-17(22)24/h4-5,12-13H,1-3,6-11H2,(H,19,23)(H,21,24). The number of nitrogens with zero attached hydrogens (tertiary/aromatic N) is 2. The summed E-state index contributed by atoms with van der Waals surface area (Å²) in [6, 6.07) is 4.17. The van der Waals surface area contributed by atoms with Gasteiger partial charge in [0, 0.05) is 23.9 Å². The number of hydrogen-bond donors (Lipinski definition) is 2. The summed E-state index contributed by atoms with van der Waals surface area (Å²) in [5.41, 5.74) is -0.330. The normalized spacial score (nSPS) is 19.7. The van der Waals surface area contributed by atoms with Crippen molar-refractivity contribution in [3.63, 3.8) is 0 Å². The van der Waals surface area contributed by atoms with Crippen molar-refractivity contribution < 1.29 is 4.79 Å². The molecule has 2 aliphatic carbocycles. The van der Waals surface area contributed by atoms with Crippen LogP contribution in [0.4, 0.5) is 0 Å². The fourth-order valence-electron chi connectivity index (χ4n) is 3.94. The summed E-state index contributed by atoms with van der Waals surface area (Å²) < 4.78 is 2.70. The predicted octanol–water partition coefficient (Wildman–Crippen LogP) is 3.90. The molecule has 0 radical (unpaired) electrons. The van der Waals surface area contributed by atoms with Gasteiger partial charge < -0.3 is 9.88 Å². The van der Waals surface area contributed by atoms with Gasteiger partial charge in [0.25, 0.3) is 0 Å². The first kappa shape index (κ1) is 17.0. The van der Waals surface area contributed by atoms with Crippen LogP contribution < -0.4 is 5.32 Å². The highest BCUT2D eigenvalue weighted by atomic mass is 32.1. The largest absolute Gasteiger partial charge is 0.354 e. The molecule has 0 spiro atoms. The first-order valence-corrected chi connectivity index (χ1v) is 10.5. The highest BCUT2D eigenvalue weighted by Gasteiger charge is 2.41. The number of amides is 1. The van der Waals surface area contributed by atoms with E-state index in [0.717, 1.165) is 31.5 Å². The molecule has 0 unspecified atom stereocenters. The molecule has 2 heterocycles. The predicted molar refractivity (Wildman–Crippen MR) is 101 cm³/mol. The lowest BCUT2D eigenvalue weighted by Gasteiger charge is -2.35. The lowest BCUT2D eigenvalue weighted by Crippen LogP contribution is -2.46. The van der Waals surface area contributed by atoms with E-state index in [0.29, 0.717) is 23.8 Å². The van der Waals surface area contributed by atoms with Crippen molar-refractivity contribution in [2.45, 2.75) is 62.8 Å². The zero-order chi connectivity index (χ0) is 17.3. The van der Waals surface area contributed by atoms with E-state index >= 15 is 0 Å². The Morgan fingerprint density at radius 3 is 2.88 bits per heavy atom. The number of H-pyrrole nitrogens is 1. The molecule has 1 amide bonds. The Bertz CT molecular complexity index is 782. The van der Waals surface area contributed by atoms with Crippen molar-refractivity contribution >= 4 is 29.5 Å². The molecule has 0 aliphatic heterocycles. The Labute approximate surface area is 156 Å². The van der Waals surface area contributed by atoms with Gasteiger partial charge in [0.2, 0.25) is 5.91 Å². The van der Waals surface area contributed by atoms with E-state index in [2.05, 4.69) is 33.0 Å². The lowest BCUT2D eigenvalue weighted by molar-refractivity contribution is -0.128. The van der Waals surface area contributed by atoms with Gasteiger partial charge in [-0.3, -0.25) is 9.89 Å². The number of aromatic amines is 1. The summed E-state index contributed by atoms with van der Waals surface area (Å²) in [6.07, 6.45) is 7.78.